The quantitative estimate of drug-likeness (QED) is 0.755. The molecule has 2 rings (SSSR count). The fourth-order valence-corrected chi connectivity index (χ4v) is 2.22. The van der Waals surface area contributed by atoms with Crippen molar-refractivity contribution < 1.29 is 5.11 Å². The van der Waals surface area contributed by atoms with E-state index in [0.717, 1.165) is 29.6 Å². The molecule has 0 fully saturated rings. The highest BCUT2D eigenvalue weighted by molar-refractivity contribution is 5.90. The third kappa shape index (κ3) is 2.67. The van der Waals surface area contributed by atoms with E-state index in [2.05, 4.69) is 34.4 Å². The van der Waals surface area contributed by atoms with Crippen molar-refractivity contribution >= 4 is 22.7 Å². The minimum Gasteiger partial charge on any atom is -0.394 e. The Labute approximate surface area is 119 Å². The summed E-state index contributed by atoms with van der Waals surface area (Å²) in [6.07, 6.45) is 1.65. The number of aliphatic hydroxyl groups is 1. The number of fused-ring (bicyclic) bond motifs is 1. The maximum Gasteiger partial charge on any atom is 0.224 e. The van der Waals surface area contributed by atoms with E-state index in [1.54, 1.807) is 7.05 Å². The average molecular weight is 274 g/mol. The molecule has 0 saturated heterocycles. The molecule has 0 unspecified atom stereocenters. The van der Waals surface area contributed by atoms with Crippen molar-refractivity contribution in [3.05, 3.63) is 24.3 Å². The molecule has 0 aliphatic carbocycles. The Balaban J connectivity index is 2.52. The minimum absolute atomic E-state index is 0.0766. The molecule has 108 valence electrons. The molecular weight excluding hydrogens is 252 g/mol. The molecule has 5 nitrogen and oxygen atoms in total. The smallest absolute Gasteiger partial charge is 0.224 e. The lowest BCUT2D eigenvalue weighted by Gasteiger charge is -2.31. The Morgan fingerprint density at radius 2 is 1.85 bits per heavy atom. The lowest BCUT2D eigenvalue weighted by Crippen LogP contribution is -2.41. The molecular formula is C15H22N4O. The number of hydrogen-bond acceptors (Lipinski definition) is 5. The highest BCUT2D eigenvalue weighted by Crippen LogP contribution is 2.27. The predicted molar refractivity (Wildman–Crippen MR) is 83.1 cm³/mol. The second kappa shape index (κ2) is 6.05. The molecule has 1 aromatic heterocycles. The SMILES string of the molecule is CCC(CC)(CO)Nc1nc(NC)nc2ccccc12. The van der Waals surface area contributed by atoms with Crippen LogP contribution >= 0.6 is 0 Å². The first-order chi connectivity index (χ1) is 9.68. The normalized spacial score (nSPS) is 11.6. The van der Waals surface area contributed by atoms with Gasteiger partial charge in [-0.3, -0.25) is 0 Å². The molecule has 0 saturated carbocycles. The van der Waals surface area contributed by atoms with Crippen molar-refractivity contribution in [2.24, 2.45) is 0 Å². The summed E-state index contributed by atoms with van der Waals surface area (Å²) in [7, 11) is 1.80. The van der Waals surface area contributed by atoms with Crippen molar-refractivity contribution in [2.75, 3.05) is 24.3 Å². The van der Waals surface area contributed by atoms with Crippen LogP contribution in [-0.2, 0) is 0 Å². The number of aromatic nitrogens is 2. The lowest BCUT2D eigenvalue weighted by atomic mass is 9.93. The Bertz CT molecular complexity index is 573. The van der Waals surface area contributed by atoms with Crippen LogP contribution in [0.25, 0.3) is 10.9 Å². The molecule has 0 bridgehead atoms. The van der Waals surface area contributed by atoms with E-state index in [9.17, 15) is 5.11 Å². The van der Waals surface area contributed by atoms with Crippen LogP contribution in [0.3, 0.4) is 0 Å². The van der Waals surface area contributed by atoms with E-state index in [-0.39, 0.29) is 12.1 Å². The third-order valence-corrected chi connectivity index (χ3v) is 3.87. The number of hydrogen-bond donors (Lipinski definition) is 3. The largest absolute Gasteiger partial charge is 0.394 e. The highest BCUT2D eigenvalue weighted by atomic mass is 16.3. The molecule has 0 aliphatic heterocycles. The van der Waals surface area contributed by atoms with Crippen molar-refractivity contribution in [1.29, 1.82) is 0 Å². The summed E-state index contributed by atoms with van der Waals surface area (Å²) in [6, 6.07) is 7.87. The molecule has 0 amide bonds. The van der Waals surface area contributed by atoms with E-state index >= 15 is 0 Å². The van der Waals surface area contributed by atoms with Crippen molar-refractivity contribution in [3.8, 4) is 0 Å². The molecule has 0 radical (unpaired) electrons. The van der Waals surface area contributed by atoms with Gasteiger partial charge < -0.3 is 15.7 Å². The van der Waals surface area contributed by atoms with Crippen LogP contribution in [0.4, 0.5) is 11.8 Å². The van der Waals surface area contributed by atoms with Gasteiger partial charge in [0, 0.05) is 12.4 Å². The zero-order chi connectivity index (χ0) is 14.6. The van der Waals surface area contributed by atoms with E-state index < -0.39 is 0 Å². The average Bonchev–Trinajstić information content (AvgIpc) is 2.52. The van der Waals surface area contributed by atoms with Gasteiger partial charge in [0.05, 0.1) is 17.7 Å². The maximum absolute atomic E-state index is 9.71. The maximum atomic E-state index is 9.71. The van der Waals surface area contributed by atoms with Crippen LogP contribution in [0.2, 0.25) is 0 Å². The fraction of sp³-hybridized carbons (Fsp3) is 0.467. The number of para-hydroxylation sites is 1. The standard InChI is InChI=1S/C15H22N4O/c1-4-15(5-2,10-20)19-13-11-8-6-7-9-12(11)17-14(16-3)18-13/h6-9,20H,4-5,10H2,1-3H3,(H2,16,17,18,19). The van der Waals surface area contributed by atoms with Crippen LogP contribution in [0.5, 0.6) is 0 Å². The first-order valence-electron chi connectivity index (χ1n) is 7.01. The molecule has 0 atom stereocenters. The predicted octanol–water partition coefficient (Wildman–Crippen LogP) is 2.63. The molecule has 3 N–H and O–H groups in total. The van der Waals surface area contributed by atoms with E-state index in [0.29, 0.717) is 5.95 Å². The molecule has 5 heteroatoms. The summed E-state index contributed by atoms with van der Waals surface area (Å²) in [5.74, 6) is 1.34. The topological polar surface area (TPSA) is 70.1 Å². The third-order valence-electron chi connectivity index (χ3n) is 3.87. The van der Waals surface area contributed by atoms with Gasteiger partial charge in [0.25, 0.3) is 0 Å². The molecule has 20 heavy (non-hydrogen) atoms. The van der Waals surface area contributed by atoms with Crippen molar-refractivity contribution in [2.45, 2.75) is 32.2 Å². The molecule has 0 spiro atoms. The van der Waals surface area contributed by atoms with E-state index in [4.69, 9.17) is 0 Å². The van der Waals surface area contributed by atoms with Gasteiger partial charge in [-0.15, -0.1) is 0 Å². The summed E-state index contributed by atoms with van der Waals surface area (Å²) in [6.45, 7) is 4.21. The lowest BCUT2D eigenvalue weighted by molar-refractivity contribution is 0.202. The Hall–Kier alpha value is -1.88. The molecule has 1 aromatic carbocycles. The second-order valence-electron chi connectivity index (χ2n) is 4.93. The number of benzene rings is 1. The van der Waals surface area contributed by atoms with E-state index in [1.165, 1.54) is 0 Å². The van der Waals surface area contributed by atoms with Gasteiger partial charge >= 0.3 is 0 Å². The monoisotopic (exact) mass is 274 g/mol. The fourth-order valence-electron chi connectivity index (χ4n) is 2.22. The van der Waals surface area contributed by atoms with Gasteiger partial charge in [0.2, 0.25) is 5.95 Å². The number of nitrogens with zero attached hydrogens (tertiary/aromatic N) is 2. The zero-order valence-corrected chi connectivity index (χ0v) is 12.3. The van der Waals surface area contributed by atoms with Gasteiger partial charge in [-0.2, -0.15) is 4.98 Å². The van der Waals surface area contributed by atoms with Crippen LogP contribution in [0, 0.1) is 0 Å². The number of rotatable bonds is 6. The van der Waals surface area contributed by atoms with Crippen molar-refractivity contribution in [3.63, 3.8) is 0 Å². The number of aliphatic hydroxyl groups excluding tert-OH is 1. The number of anilines is 2. The summed E-state index contributed by atoms with van der Waals surface area (Å²) < 4.78 is 0. The molecule has 0 aliphatic rings. The second-order valence-corrected chi connectivity index (χ2v) is 4.93. The van der Waals surface area contributed by atoms with Crippen LogP contribution in [0.15, 0.2) is 24.3 Å². The van der Waals surface area contributed by atoms with Crippen LogP contribution in [-0.4, -0.2) is 34.3 Å². The van der Waals surface area contributed by atoms with Gasteiger partial charge in [-0.1, -0.05) is 26.0 Å². The summed E-state index contributed by atoms with van der Waals surface area (Å²) in [5, 5.41) is 17.1. The van der Waals surface area contributed by atoms with Gasteiger partial charge in [0.15, 0.2) is 0 Å². The first-order valence-corrected chi connectivity index (χ1v) is 7.01. The van der Waals surface area contributed by atoms with Gasteiger partial charge in [-0.25, -0.2) is 4.98 Å². The Morgan fingerprint density at radius 3 is 2.45 bits per heavy atom. The molecule has 1 heterocycles. The molecule has 2 aromatic rings. The Kier molecular flexibility index (Phi) is 4.39. The van der Waals surface area contributed by atoms with Crippen LogP contribution < -0.4 is 10.6 Å². The minimum atomic E-state index is -0.345. The van der Waals surface area contributed by atoms with Crippen LogP contribution in [0.1, 0.15) is 26.7 Å². The summed E-state index contributed by atoms with van der Waals surface area (Å²) in [4.78, 5) is 8.94. The van der Waals surface area contributed by atoms with Gasteiger partial charge in [0.1, 0.15) is 5.82 Å². The highest BCUT2D eigenvalue weighted by Gasteiger charge is 2.26. The summed E-state index contributed by atoms with van der Waals surface area (Å²) >= 11 is 0. The first kappa shape index (κ1) is 14.5. The number of nitrogens with one attached hydrogen (secondary N) is 2. The zero-order valence-electron chi connectivity index (χ0n) is 12.3. The Morgan fingerprint density at radius 1 is 1.15 bits per heavy atom. The summed E-state index contributed by atoms with van der Waals surface area (Å²) in [5.41, 5.74) is 0.538. The van der Waals surface area contributed by atoms with Crippen molar-refractivity contribution in [1.82, 2.24) is 9.97 Å². The van der Waals surface area contributed by atoms with E-state index in [1.807, 2.05) is 24.3 Å². The van der Waals surface area contributed by atoms with Gasteiger partial charge in [-0.05, 0) is 25.0 Å².